The van der Waals surface area contributed by atoms with Crippen molar-refractivity contribution in [2.75, 3.05) is 6.54 Å². The molecule has 5 heteroatoms. The summed E-state index contributed by atoms with van der Waals surface area (Å²) in [4.78, 5) is 13.0. The minimum Gasteiger partial charge on any atom is -0.480 e. The molecule has 1 N–H and O–H groups in total. The van der Waals surface area contributed by atoms with Crippen LogP contribution in [-0.4, -0.2) is 28.6 Å². The Kier molecular flexibility index (Phi) is 3.92. The maximum absolute atomic E-state index is 11.0. The zero-order valence-electron chi connectivity index (χ0n) is 9.20. The minimum absolute atomic E-state index is 0.371. The van der Waals surface area contributed by atoms with Gasteiger partial charge in [0.25, 0.3) is 0 Å². The third-order valence-corrected chi connectivity index (χ3v) is 3.76. The van der Waals surface area contributed by atoms with E-state index >= 15 is 0 Å². The number of carboxylic acid groups (broad SMARTS) is 1. The molecule has 92 valence electrons. The molecule has 2 rings (SSSR count). The Morgan fingerprint density at radius 3 is 2.82 bits per heavy atom. The first-order valence-corrected chi connectivity index (χ1v) is 6.24. The predicted molar refractivity (Wildman–Crippen MR) is 67.5 cm³/mol. The van der Waals surface area contributed by atoms with Gasteiger partial charge < -0.3 is 5.11 Å². The van der Waals surface area contributed by atoms with E-state index < -0.39 is 5.97 Å². The lowest BCUT2D eigenvalue weighted by atomic mass is 10.2. The van der Waals surface area contributed by atoms with Crippen molar-refractivity contribution in [2.45, 2.75) is 25.4 Å². The highest BCUT2D eigenvalue weighted by Gasteiger charge is 2.30. The summed E-state index contributed by atoms with van der Waals surface area (Å²) in [6.07, 6.45) is 1.65. The van der Waals surface area contributed by atoms with E-state index in [4.69, 9.17) is 28.3 Å². The van der Waals surface area contributed by atoms with Crippen LogP contribution in [0.25, 0.3) is 0 Å². The Bertz CT molecular complexity index is 437. The van der Waals surface area contributed by atoms with Crippen molar-refractivity contribution in [1.82, 2.24) is 4.90 Å². The summed E-state index contributed by atoms with van der Waals surface area (Å²) in [6, 6.07) is 5.04. The molecule has 0 bridgehead atoms. The molecule has 0 amide bonds. The molecule has 0 aromatic heterocycles. The van der Waals surface area contributed by atoms with E-state index in [9.17, 15) is 4.79 Å². The fourth-order valence-corrected chi connectivity index (χ4v) is 2.49. The van der Waals surface area contributed by atoms with Crippen LogP contribution in [0.3, 0.4) is 0 Å². The van der Waals surface area contributed by atoms with E-state index in [0.29, 0.717) is 16.6 Å². The molecular weight excluding hydrogens is 261 g/mol. The van der Waals surface area contributed by atoms with Gasteiger partial charge in [0.05, 0.1) is 10.0 Å². The first kappa shape index (κ1) is 12.7. The summed E-state index contributed by atoms with van der Waals surface area (Å²) >= 11 is 11.8. The van der Waals surface area contributed by atoms with Crippen molar-refractivity contribution in [3.63, 3.8) is 0 Å². The number of carboxylic acids is 1. The van der Waals surface area contributed by atoms with Crippen molar-refractivity contribution < 1.29 is 9.90 Å². The van der Waals surface area contributed by atoms with Crippen LogP contribution in [-0.2, 0) is 11.3 Å². The van der Waals surface area contributed by atoms with Crippen LogP contribution in [0, 0.1) is 0 Å². The standard InChI is InChI=1S/C12H13Cl2NO2/c13-9-4-3-8(6-10(9)14)7-15-5-1-2-11(15)12(16)17/h3-4,6,11H,1-2,5,7H2,(H,16,17)/t11-/m1/s1. The molecule has 0 saturated carbocycles. The smallest absolute Gasteiger partial charge is 0.320 e. The monoisotopic (exact) mass is 273 g/mol. The van der Waals surface area contributed by atoms with Crippen LogP contribution in [0.15, 0.2) is 18.2 Å². The van der Waals surface area contributed by atoms with Gasteiger partial charge in [-0.15, -0.1) is 0 Å². The number of halogens is 2. The maximum Gasteiger partial charge on any atom is 0.320 e. The number of carbonyl (C=O) groups is 1. The summed E-state index contributed by atoms with van der Waals surface area (Å²) in [5.74, 6) is -0.748. The quantitative estimate of drug-likeness (QED) is 0.921. The van der Waals surface area contributed by atoms with Gasteiger partial charge in [0, 0.05) is 6.54 Å². The average Bonchev–Trinajstić information content (AvgIpc) is 2.72. The van der Waals surface area contributed by atoms with Gasteiger partial charge in [-0.2, -0.15) is 0 Å². The zero-order chi connectivity index (χ0) is 12.4. The summed E-state index contributed by atoms with van der Waals surface area (Å²) < 4.78 is 0. The van der Waals surface area contributed by atoms with Gasteiger partial charge >= 0.3 is 5.97 Å². The van der Waals surface area contributed by atoms with Crippen LogP contribution in [0.1, 0.15) is 18.4 Å². The molecular formula is C12H13Cl2NO2. The fraction of sp³-hybridized carbons (Fsp3) is 0.417. The highest BCUT2D eigenvalue weighted by atomic mass is 35.5. The Morgan fingerprint density at radius 2 is 2.18 bits per heavy atom. The topological polar surface area (TPSA) is 40.5 Å². The van der Waals surface area contributed by atoms with Gasteiger partial charge in [-0.3, -0.25) is 9.69 Å². The Morgan fingerprint density at radius 1 is 1.41 bits per heavy atom. The SMILES string of the molecule is O=C(O)[C@H]1CCCN1Cc1ccc(Cl)c(Cl)c1. The van der Waals surface area contributed by atoms with Gasteiger partial charge in [-0.1, -0.05) is 29.3 Å². The van der Waals surface area contributed by atoms with Gasteiger partial charge in [0.2, 0.25) is 0 Å². The van der Waals surface area contributed by atoms with Crippen LogP contribution in [0.2, 0.25) is 10.0 Å². The predicted octanol–water partition coefficient (Wildman–Crippen LogP) is 3.04. The van der Waals surface area contributed by atoms with Crippen LogP contribution in [0.5, 0.6) is 0 Å². The van der Waals surface area contributed by atoms with E-state index in [1.807, 2.05) is 11.0 Å². The Hall–Kier alpha value is -0.770. The van der Waals surface area contributed by atoms with Gasteiger partial charge in [-0.25, -0.2) is 0 Å². The van der Waals surface area contributed by atoms with Crippen LogP contribution >= 0.6 is 23.2 Å². The normalized spacial score (nSPS) is 20.7. The lowest BCUT2D eigenvalue weighted by Crippen LogP contribution is -2.35. The van der Waals surface area contributed by atoms with Gasteiger partial charge in [0.15, 0.2) is 0 Å². The molecule has 1 aliphatic rings. The average molecular weight is 274 g/mol. The Balaban J connectivity index is 2.09. The second-order valence-corrected chi connectivity index (χ2v) is 5.03. The van der Waals surface area contributed by atoms with Crippen molar-refractivity contribution >= 4 is 29.2 Å². The number of likely N-dealkylation sites (tertiary alicyclic amines) is 1. The number of aliphatic carboxylic acids is 1. The summed E-state index contributed by atoms with van der Waals surface area (Å²) in [5.41, 5.74) is 0.993. The van der Waals surface area contributed by atoms with E-state index in [2.05, 4.69) is 0 Å². The van der Waals surface area contributed by atoms with Gasteiger partial charge in [-0.05, 0) is 37.1 Å². The molecule has 0 radical (unpaired) electrons. The first-order chi connectivity index (χ1) is 8.08. The molecule has 1 heterocycles. The molecule has 0 aliphatic carbocycles. The van der Waals surface area contributed by atoms with Crippen LogP contribution < -0.4 is 0 Å². The molecule has 1 atom stereocenters. The molecule has 1 aromatic rings. The maximum atomic E-state index is 11.0. The van der Waals surface area contributed by atoms with E-state index in [1.165, 1.54) is 0 Å². The summed E-state index contributed by atoms with van der Waals surface area (Å²) in [7, 11) is 0. The van der Waals surface area contributed by atoms with E-state index in [0.717, 1.165) is 24.9 Å². The highest BCUT2D eigenvalue weighted by molar-refractivity contribution is 6.42. The molecule has 1 aromatic carbocycles. The van der Waals surface area contributed by atoms with E-state index in [-0.39, 0.29) is 6.04 Å². The van der Waals surface area contributed by atoms with Crippen molar-refractivity contribution in [3.05, 3.63) is 33.8 Å². The molecule has 0 unspecified atom stereocenters. The number of hydrogen-bond donors (Lipinski definition) is 1. The lowest BCUT2D eigenvalue weighted by molar-refractivity contribution is -0.142. The fourth-order valence-electron chi connectivity index (χ4n) is 2.17. The van der Waals surface area contributed by atoms with Crippen molar-refractivity contribution in [1.29, 1.82) is 0 Å². The third-order valence-electron chi connectivity index (χ3n) is 3.02. The van der Waals surface area contributed by atoms with E-state index in [1.54, 1.807) is 12.1 Å². The molecule has 1 aliphatic heterocycles. The molecule has 17 heavy (non-hydrogen) atoms. The van der Waals surface area contributed by atoms with Crippen molar-refractivity contribution in [2.24, 2.45) is 0 Å². The summed E-state index contributed by atoms with van der Waals surface area (Å²) in [6.45, 7) is 1.42. The van der Waals surface area contributed by atoms with Gasteiger partial charge in [0.1, 0.15) is 6.04 Å². The second-order valence-electron chi connectivity index (χ2n) is 4.22. The number of hydrogen-bond acceptors (Lipinski definition) is 2. The molecule has 1 fully saturated rings. The van der Waals surface area contributed by atoms with Crippen LogP contribution in [0.4, 0.5) is 0 Å². The minimum atomic E-state index is -0.748. The molecule has 3 nitrogen and oxygen atoms in total. The molecule has 0 spiro atoms. The number of nitrogens with zero attached hydrogens (tertiary/aromatic N) is 1. The number of benzene rings is 1. The summed E-state index contributed by atoms with van der Waals surface area (Å²) in [5, 5.41) is 10.1. The lowest BCUT2D eigenvalue weighted by Gasteiger charge is -2.21. The van der Waals surface area contributed by atoms with Crippen molar-refractivity contribution in [3.8, 4) is 0 Å². The Labute approximate surface area is 110 Å². The zero-order valence-corrected chi connectivity index (χ0v) is 10.7. The molecule has 1 saturated heterocycles. The number of rotatable bonds is 3. The first-order valence-electron chi connectivity index (χ1n) is 5.48. The second kappa shape index (κ2) is 5.25. The highest BCUT2D eigenvalue weighted by Crippen LogP contribution is 2.25. The largest absolute Gasteiger partial charge is 0.480 e. The third kappa shape index (κ3) is 2.92.